The van der Waals surface area contributed by atoms with Crippen molar-refractivity contribution >= 4 is 17.4 Å². The Bertz CT molecular complexity index is 897. The molecule has 2 aromatic carbocycles. The van der Waals surface area contributed by atoms with Crippen LogP contribution in [0.1, 0.15) is 21.6 Å². The Balaban J connectivity index is 1.72. The molecule has 26 heavy (non-hydrogen) atoms. The van der Waals surface area contributed by atoms with Crippen molar-refractivity contribution in [2.75, 3.05) is 12.4 Å². The van der Waals surface area contributed by atoms with Crippen LogP contribution in [0.4, 0.5) is 11.5 Å². The van der Waals surface area contributed by atoms with E-state index in [1.807, 2.05) is 55.5 Å². The highest BCUT2D eigenvalue weighted by Gasteiger charge is 2.10. The van der Waals surface area contributed by atoms with Crippen LogP contribution in [-0.2, 0) is 6.54 Å². The van der Waals surface area contributed by atoms with E-state index >= 15 is 0 Å². The van der Waals surface area contributed by atoms with E-state index in [-0.39, 0.29) is 5.91 Å². The van der Waals surface area contributed by atoms with Gasteiger partial charge in [-0.15, -0.1) is 0 Å². The summed E-state index contributed by atoms with van der Waals surface area (Å²) >= 11 is 0. The Hall–Kier alpha value is -3.41. The van der Waals surface area contributed by atoms with Gasteiger partial charge in [0.1, 0.15) is 23.6 Å². The number of rotatable bonds is 6. The van der Waals surface area contributed by atoms with Crippen LogP contribution in [-0.4, -0.2) is 23.0 Å². The fraction of sp³-hybridized carbons (Fsp3) is 0.150. The highest BCUT2D eigenvalue weighted by Crippen LogP contribution is 2.27. The highest BCUT2D eigenvalue weighted by molar-refractivity contribution is 5.93. The number of amides is 1. The number of benzene rings is 2. The molecule has 0 saturated heterocycles. The van der Waals surface area contributed by atoms with E-state index in [4.69, 9.17) is 4.74 Å². The highest BCUT2D eigenvalue weighted by atomic mass is 16.5. The summed E-state index contributed by atoms with van der Waals surface area (Å²) in [6, 6.07) is 17.1. The molecule has 1 heterocycles. The summed E-state index contributed by atoms with van der Waals surface area (Å²) in [6.07, 6.45) is 1.36. The molecule has 0 fully saturated rings. The third-order valence-electron chi connectivity index (χ3n) is 3.81. The molecular weight excluding hydrogens is 328 g/mol. The van der Waals surface area contributed by atoms with Gasteiger partial charge in [0.15, 0.2) is 0 Å². The predicted octanol–water partition coefficient (Wildman–Crippen LogP) is 3.47. The summed E-state index contributed by atoms with van der Waals surface area (Å²) in [6.45, 7) is 2.44. The number of hydrogen-bond acceptors (Lipinski definition) is 5. The van der Waals surface area contributed by atoms with Crippen LogP contribution in [0.15, 0.2) is 60.9 Å². The van der Waals surface area contributed by atoms with Crippen LogP contribution in [0, 0.1) is 6.92 Å². The molecule has 1 aromatic heterocycles. The van der Waals surface area contributed by atoms with Crippen molar-refractivity contribution in [1.29, 1.82) is 0 Å². The Morgan fingerprint density at radius 2 is 1.88 bits per heavy atom. The van der Waals surface area contributed by atoms with Crippen molar-refractivity contribution in [2.45, 2.75) is 13.5 Å². The van der Waals surface area contributed by atoms with E-state index in [9.17, 15) is 4.79 Å². The number of nitrogens with one attached hydrogen (secondary N) is 2. The third-order valence-corrected chi connectivity index (χ3v) is 3.81. The van der Waals surface area contributed by atoms with E-state index in [0.717, 1.165) is 16.8 Å². The number of carbonyl (C=O) groups excluding carboxylic acids is 1. The largest absolute Gasteiger partial charge is 0.495 e. The van der Waals surface area contributed by atoms with E-state index in [1.165, 1.54) is 6.33 Å². The summed E-state index contributed by atoms with van der Waals surface area (Å²) in [5.41, 5.74) is 3.19. The van der Waals surface area contributed by atoms with Crippen molar-refractivity contribution in [3.8, 4) is 5.75 Å². The zero-order chi connectivity index (χ0) is 18.4. The number of nitrogens with zero attached hydrogens (tertiary/aromatic N) is 2. The van der Waals surface area contributed by atoms with E-state index in [0.29, 0.717) is 23.8 Å². The van der Waals surface area contributed by atoms with Crippen LogP contribution in [0.2, 0.25) is 0 Å². The number of aryl methyl sites for hydroxylation is 1. The Morgan fingerprint density at radius 3 is 2.65 bits per heavy atom. The van der Waals surface area contributed by atoms with Crippen LogP contribution in [0.3, 0.4) is 0 Å². The second kappa shape index (κ2) is 8.11. The first kappa shape index (κ1) is 17.4. The van der Waals surface area contributed by atoms with Crippen molar-refractivity contribution in [2.24, 2.45) is 0 Å². The maximum absolute atomic E-state index is 12.3. The van der Waals surface area contributed by atoms with Gasteiger partial charge < -0.3 is 15.4 Å². The summed E-state index contributed by atoms with van der Waals surface area (Å²) in [4.78, 5) is 20.6. The summed E-state index contributed by atoms with van der Waals surface area (Å²) in [5.74, 6) is 0.966. The van der Waals surface area contributed by atoms with Crippen molar-refractivity contribution in [1.82, 2.24) is 15.3 Å². The minimum absolute atomic E-state index is 0.254. The lowest BCUT2D eigenvalue weighted by Gasteiger charge is -2.12. The molecule has 0 aliphatic carbocycles. The van der Waals surface area contributed by atoms with Crippen molar-refractivity contribution < 1.29 is 9.53 Å². The van der Waals surface area contributed by atoms with Crippen LogP contribution in [0.25, 0.3) is 0 Å². The molecule has 0 atom stereocenters. The predicted molar refractivity (Wildman–Crippen MR) is 101 cm³/mol. The lowest BCUT2D eigenvalue weighted by molar-refractivity contribution is 0.0946. The van der Waals surface area contributed by atoms with E-state index < -0.39 is 0 Å². The molecule has 132 valence electrons. The summed E-state index contributed by atoms with van der Waals surface area (Å²) < 4.78 is 5.35. The molecule has 3 rings (SSSR count). The Labute approximate surface area is 152 Å². The summed E-state index contributed by atoms with van der Waals surface area (Å²) in [7, 11) is 1.61. The quantitative estimate of drug-likeness (QED) is 0.713. The smallest absolute Gasteiger partial charge is 0.270 e. The Morgan fingerprint density at radius 1 is 1.08 bits per heavy atom. The first-order valence-electron chi connectivity index (χ1n) is 8.21. The minimum atomic E-state index is -0.254. The molecule has 1 amide bonds. The van der Waals surface area contributed by atoms with Gasteiger partial charge in [0.2, 0.25) is 0 Å². The van der Waals surface area contributed by atoms with Gasteiger partial charge >= 0.3 is 0 Å². The van der Waals surface area contributed by atoms with Gasteiger partial charge in [-0.2, -0.15) is 0 Å². The molecular formula is C20H20N4O2. The number of aromatic nitrogens is 2. The average Bonchev–Trinajstić information content (AvgIpc) is 2.67. The minimum Gasteiger partial charge on any atom is -0.495 e. The van der Waals surface area contributed by atoms with E-state index in [2.05, 4.69) is 20.6 Å². The summed E-state index contributed by atoms with van der Waals surface area (Å²) in [5, 5.41) is 6.03. The zero-order valence-corrected chi connectivity index (χ0v) is 14.7. The third kappa shape index (κ3) is 4.36. The topological polar surface area (TPSA) is 76.1 Å². The monoisotopic (exact) mass is 348 g/mol. The fourth-order valence-electron chi connectivity index (χ4n) is 2.48. The number of carbonyl (C=O) groups is 1. The molecule has 0 saturated carbocycles. The number of methoxy groups -OCH3 is 1. The lowest BCUT2D eigenvalue weighted by atomic mass is 10.2. The molecule has 0 radical (unpaired) electrons. The number of ether oxygens (including phenoxy) is 1. The van der Waals surface area contributed by atoms with Gasteiger partial charge in [0, 0.05) is 12.6 Å². The number of anilines is 2. The molecule has 0 unspecified atom stereocenters. The van der Waals surface area contributed by atoms with Crippen molar-refractivity contribution in [3.63, 3.8) is 0 Å². The average molecular weight is 348 g/mol. The molecule has 0 aliphatic heterocycles. The Kier molecular flexibility index (Phi) is 5.43. The molecule has 0 spiro atoms. The van der Waals surface area contributed by atoms with Crippen LogP contribution in [0.5, 0.6) is 5.75 Å². The van der Waals surface area contributed by atoms with Gasteiger partial charge in [-0.05, 0) is 30.2 Å². The van der Waals surface area contributed by atoms with Crippen LogP contribution >= 0.6 is 0 Å². The molecule has 0 bridgehead atoms. The molecule has 0 aliphatic rings. The second-order valence-corrected chi connectivity index (χ2v) is 5.79. The van der Waals surface area contributed by atoms with Gasteiger partial charge in [0.25, 0.3) is 5.91 Å². The molecule has 3 aromatic rings. The van der Waals surface area contributed by atoms with Crippen LogP contribution < -0.4 is 15.4 Å². The maximum Gasteiger partial charge on any atom is 0.270 e. The maximum atomic E-state index is 12.3. The van der Waals surface area contributed by atoms with Crippen molar-refractivity contribution in [3.05, 3.63) is 77.7 Å². The van der Waals surface area contributed by atoms with Gasteiger partial charge in [-0.1, -0.05) is 36.4 Å². The SMILES string of the molecule is COc1ccc(C)cc1Nc1cc(C(=O)NCc2ccccc2)ncn1. The second-order valence-electron chi connectivity index (χ2n) is 5.79. The normalized spacial score (nSPS) is 10.2. The first-order valence-corrected chi connectivity index (χ1v) is 8.21. The first-order chi connectivity index (χ1) is 12.7. The molecule has 6 heteroatoms. The standard InChI is InChI=1S/C20H20N4O2/c1-14-8-9-18(26-2)16(10-14)24-19-11-17(22-13-23-19)20(25)21-12-15-6-4-3-5-7-15/h3-11,13H,12H2,1-2H3,(H,21,25)(H,22,23,24). The number of hydrogen-bond donors (Lipinski definition) is 2. The molecule has 2 N–H and O–H groups in total. The van der Waals surface area contributed by atoms with Gasteiger partial charge in [0.05, 0.1) is 12.8 Å². The van der Waals surface area contributed by atoms with E-state index in [1.54, 1.807) is 13.2 Å². The van der Waals surface area contributed by atoms with Gasteiger partial charge in [-0.25, -0.2) is 9.97 Å². The lowest BCUT2D eigenvalue weighted by Crippen LogP contribution is -2.24. The fourth-order valence-corrected chi connectivity index (χ4v) is 2.48. The molecule has 6 nitrogen and oxygen atoms in total. The van der Waals surface area contributed by atoms with Gasteiger partial charge in [-0.3, -0.25) is 4.79 Å². The zero-order valence-electron chi connectivity index (χ0n) is 14.7.